The van der Waals surface area contributed by atoms with E-state index in [1.807, 2.05) is 11.5 Å². The van der Waals surface area contributed by atoms with Crippen molar-refractivity contribution in [1.29, 1.82) is 0 Å². The first-order valence-electron chi connectivity index (χ1n) is 7.25. The highest BCUT2D eigenvalue weighted by atomic mass is 32.2. The van der Waals surface area contributed by atoms with Crippen molar-refractivity contribution in [2.45, 2.75) is 38.4 Å². The third-order valence-electron chi connectivity index (χ3n) is 3.06. The first-order valence-corrected chi connectivity index (χ1v) is 8.23. The number of anilines is 1. The lowest BCUT2D eigenvalue weighted by Gasteiger charge is -2.07. The molecular weight excluding hydrogens is 303 g/mol. The van der Waals surface area contributed by atoms with Gasteiger partial charge in [-0.2, -0.15) is 0 Å². The molecule has 0 saturated heterocycles. The predicted octanol–water partition coefficient (Wildman–Crippen LogP) is 3.12. The molecule has 2 aromatic rings. The quantitative estimate of drug-likeness (QED) is 0.796. The van der Waals surface area contributed by atoms with Crippen LogP contribution in [0.1, 0.15) is 26.1 Å². The van der Waals surface area contributed by atoms with E-state index in [1.165, 1.54) is 23.9 Å². The maximum absolute atomic E-state index is 13.5. The molecule has 1 N–H and O–H groups in total. The number of halogens is 1. The maximum Gasteiger partial charge on any atom is 0.234 e. The minimum absolute atomic E-state index is 0.165. The lowest BCUT2D eigenvalue weighted by Crippen LogP contribution is -2.15. The Morgan fingerprint density at radius 1 is 1.32 bits per heavy atom. The Balaban J connectivity index is 1.95. The number of para-hydroxylation sites is 1. The Kier molecular flexibility index (Phi) is 5.94. The van der Waals surface area contributed by atoms with E-state index in [2.05, 4.69) is 22.4 Å². The summed E-state index contributed by atoms with van der Waals surface area (Å²) in [5, 5.41) is 11.6. The van der Waals surface area contributed by atoms with Crippen LogP contribution >= 0.6 is 11.8 Å². The summed E-state index contributed by atoms with van der Waals surface area (Å²) in [7, 11) is 0. The highest BCUT2D eigenvalue weighted by Gasteiger charge is 2.13. The fraction of sp³-hybridized carbons (Fsp3) is 0.400. The number of benzene rings is 1. The molecule has 0 radical (unpaired) electrons. The average molecular weight is 322 g/mol. The van der Waals surface area contributed by atoms with Gasteiger partial charge in [-0.05, 0) is 25.5 Å². The summed E-state index contributed by atoms with van der Waals surface area (Å²) in [6, 6.07) is 6.11. The normalized spacial score (nSPS) is 10.7. The smallest absolute Gasteiger partial charge is 0.234 e. The van der Waals surface area contributed by atoms with Gasteiger partial charge in [0.1, 0.15) is 11.6 Å². The summed E-state index contributed by atoms with van der Waals surface area (Å²) in [6.07, 6.45) is 1.86. The Morgan fingerprint density at radius 2 is 2.09 bits per heavy atom. The van der Waals surface area contributed by atoms with E-state index in [9.17, 15) is 9.18 Å². The zero-order chi connectivity index (χ0) is 15.9. The van der Waals surface area contributed by atoms with Crippen molar-refractivity contribution in [3.8, 4) is 0 Å². The second-order valence-electron chi connectivity index (χ2n) is 4.71. The minimum Gasteiger partial charge on any atom is -0.323 e. The molecular formula is C15H19FN4OS. The van der Waals surface area contributed by atoms with Crippen LogP contribution in [-0.2, 0) is 17.8 Å². The molecule has 1 heterocycles. The number of nitrogens with zero attached hydrogens (tertiary/aromatic N) is 3. The molecule has 2 rings (SSSR count). The molecule has 118 valence electrons. The van der Waals surface area contributed by atoms with Crippen molar-refractivity contribution in [2.75, 3.05) is 11.1 Å². The largest absolute Gasteiger partial charge is 0.323 e. The molecule has 1 aromatic heterocycles. The van der Waals surface area contributed by atoms with Crippen molar-refractivity contribution in [1.82, 2.24) is 14.8 Å². The predicted molar refractivity (Wildman–Crippen MR) is 85.4 cm³/mol. The van der Waals surface area contributed by atoms with Crippen LogP contribution in [0.15, 0.2) is 29.4 Å². The second-order valence-corrected chi connectivity index (χ2v) is 5.65. The van der Waals surface area contributed by atoms with Gasteiger partial charge in [0.05, 0.1) is 11.4 Å². The molecule has 1 amide bonds. The van der Waals surface area contributed by atoms with E-state index >= 15 is 0 Å². The Hall–Kier alpha value is -1.89. The topological polar surface area (TPSA) is 59.8 Å². The number of thioether (sulfide) groups is 1. The molecule has 0 bridgehead atoms. The second kappa shape index (κ2) is 7.93. The lowest BCUT2D eigenvalue weighted by atomic mass is 10.3. The number of nitrogens with one attached hydrogen (secondary N) is 1. The van der Waals surface area contributed by atoms with Crippen LogP contribution in [0.3, 0.4) is 0 Å². The van der Waals surface area contributed by atoms with Gasteiger partial charge in [-0.15, -0.1) is 10.2 Å². The number of amides is 1. The fourth-order valence-corrected chi connectivity index (χ4v) is 2.85. The fourth-order valence-electron chi connectivity index (χ4n) is 2.03. The number of hydrogen-bond donors (Lipinski definition) is 1. The van der Waals surface area contributed by atoms with Crippen molar-refractivity contribution < 1.29 is 9.18 Å². The molecule has 0 aliphatic rings. The number of rotatable bonds is 7. The monoisotopic (exact) mass is 322 g/mol. The molecule has 0 aliphatic heterocycles. The van der Waals surface area contributed by atoms with Gasteiger partial charge in [-0.1, -0.05) is 30.8 Å². The van der Waals surface area contributed by atoms with Crippen molar-refractivity contribution in [2.24, 2.45) is 0 Å². The molecule has 0 atom stereocenters. The van der Waals surface area contributed by atoms with Crippen molar-refractivity contribution in [3.05, 3.63) is 35.9 Å². The highest BCUT2D eigenvalue weighted by molar-refractivity contribution is 7.99. The van der Waals surface area contributed by atoms with Crippen LogP contribution in [0, 0.1) is 5.82 Å². The van der Waals surface area contributed by atoms with E-state index in [-0.39, 0.29) is 17.3 Å². The van der Waals surface area contributed by atoms with Gasteiger partial charge in [-0.25, -0.2) is 4.39 Å². The van der Waals surface area contributed by atoms with E-state index in [0.717, 1.165) is 30.4 Å². The van der Waals surface area contributed by atoms with Gasteiger partial charge in [0.15, 0.2) is 5.16 Å². The Morgan fingerprint density at radius 3 is 2.77 bits per heavy atom. The molecule has 22 heavy (non-hydrogen) atoms. The van der Waals surface area contributed by atoms with Crippen LogP contribution in [0.5, 0.6) is 0 Å². The molecule has 0 aliphatic carbocycles. The molecule has 0 fully saturated rings. The van der Waals surface area contributed by atoms with E-state index in [1.54, 1.807) is 12.1 Å². The van der Waals surface area contributed by atoms with E-state index < -0.39 is 5.82 Å². The van der Waals surface area contributed by atoms with Crippen LogP contribution in [0.2, 0.25) is 0 Å². The van der Waals surface area contributed by atoms with Gasteiger partial charge in [0.25, 0.3) is 0 Å². The molecule has 5 nitrogen and oxygen atoms in total. The van der Waals surface area contributed by atoms with Gasteiger partial charge in [-0.3, -0.25) is 4.79 Å². The zero-order valence-corrected chi connectivity index (χ0v) is 13.5. The van der Waals surface area contributed by atoms with Gasteiger partial charge in [0.2, 0.25) is 5.91 Å². The Labute approximate surface area is 133 Å². The van der Waals surface area contributed by atoms with Gasteiger partial charge < -0.3 is 9.88 Å². The average Bonchev–Trinajstić information content (AvgIpc) is 2.90. The SMILES string of the molecule is CCCc1nnc(SCC(=O)Nc2ccccc2F)n1CC. The van der Waals surface area contributed by atoms with Crippen molar-refractivity contribution >= 4 is 23.4 Å². The third kappa shape index (κ3) is 4.07. The number of carbonyl (C=O) groups is 1. The lowest BCUT2D eigenvalue weighted by molar-refractivity contribution is -0.113. The third-order valence-corrected chi connectivity index (χ3v) is 4.03. The van der Waals surface area contributed by atoms with Crippen LogP contribution < -0.4 is 5.32 Å². The molecule has 7 heteroatoms. The van der Waals surface area contributed by atoms with Gasteiger partial charge in [0, 0.05) is 13.0 Å². The van der Waals surface area contributed by atoms with Gasteiger partial charge >= 0.3 is 0 Å². The number of aryl methyl sites for hydroxylation is 1. The Bertz CT molecular complexity index is 644. The first kappa shape index (κ1) is 16.5. The number of hydrogen-bond acceptors (Lipinski definition) is 4. The highest BCUT2D eigenvalue weighted by Crippen LogP contribution is 2.19. The van der Waals surface area contributed by atoms with Crippen LogP contribution in [0.4, 0.5) is 10.1 Å². The minimum atomic E-state index is -0.442. The molecule has 0 unspecified atom stereocenters. The first-order chi connectivity index (χ1) is 10.7. The summed E-state index contributed by atoms with van der Waals surface area (Å²) in [5.41, 5.74) is 0.191. The van der Waals surface area contributed by atoms with Crippen LogP contribution in [-0.4, -0.2) is 26.4 Å². The maximum atomic E-state index is 13.5. The molecule has 1 aromatic carbocycles. The van der Waals surface area contributed by atoms with Crippen LogP contribution in [0.25, 0.3) is 0 Å². The summed E-state index contributed by atoms with van der Waals surface area (Å²) in [4.78, 5) is 11.9. The van der Waals surface area contributed by atoms with E-state index in [0.29, 0.717) is 0 Å². The summed E-state index contributed by atoms with van der Waals surface area (Å²) in [5.74, 6) is 0.390. The standard InChI is InChI=1S/C15H19FN4OS/c1-3-7-13-18-19-15(20(13)4-2)22-10-14(21)17-12-9-6-5-8-11(12)16/h5-6,8-9H,3-4,7,10H2,1-2H3,(H,17,21). The zero-order valence-electron chi connectivity index (χ0n) is 12.7. The molecule has 0 saturated carbocycles. The molecule has 0 spiro atoms. The summed E-state index contributed by atoms with van der Waals surface area (Å²) in [6.45, 7) is 4.87. The number of carbonyl (C=O) groups excluding carboxylic acids is 1. The number of aromatic nitrogens is 3. The van der Waals surface area contributed by atoms with Crippen molar-refractivity contribution in [3.63, 3.8) is 0 Å². The summed E-state index contributed by atoms with van der Waals surface area (Å²) >= 11 is 1.31. The summed E-state index contributed by atoms with van der Waals surface area (Å²) < 4.78 is 15.5. The van der Waals surface area contributed by atoms with E-state index in [4.69, 9.17) is 0 Å².